The molecule has 2 aromatic heterocycles. The molecule has 0 bridgehead atoms. The maximum atomic E-state index is 12.7. The molecular formula is C42H51ClN6O5. The topological polar surface area (TPSA) is 103 Å². The van der Waals surface area contributed by atoms with Crippen LogP contribution >= 0.6 is 11.6 Å². The van der Waals surface area contributed by atoms with Gasteiger partial charge in [-0.25, -0.2) is 14.6 Å². The van der Waals surface area contributed by atoms with E-state index in [2.05, 4.69) is 36.8 Å². The van der Waals surface area contributed by atoms with Gasteiger partial charge in [-0.1, -0.05) is 23.7 Å². The molecule has 1 amide bonds. The van der Waals surface area contributed by atoms with E-state index in [1.807, 2.05) is 68.3 Å². The highest BCUT2D eigenvalue weighted by Gasteiger charge is 2.30. The Bertz CT molecular complexity index is 1970. The molecule has 0 unspecified atom stereocenters. The van der Waals surface area contributed by atoms with E-state index >= 15 is 0 Å². The normalized spacial score (nSPS) is 17.9. The van der Waals surface area contributed by atoms with Crippen LogP contribution in [-0.2, 0) is 9.47 Å². The van der Waals surface area contributed by atoms with Crippen LogP contribution in [0.1, 0.15) is 56.0 Å². The van der Waals surface area contributed by atoms with Gasteiger partial charge in [0.25, 0.3) is 0 Å². The van der Waals surface area contributed by atoms with Crippen LogP contribution in [0.25, 0.3) is 16.6 Å². The highest BCUT2D eigenvalue weighted by Crippen LogP contribution is 2.34. The number of nitrogens with one attached hydrogen (secondary N) is 1. The van der Waals surface area contributed by atoms with Crippen LogP contribution in [0, 0.1) is 5.92 Å². The average molecular weight is 755 g/mol. The Morgan fingerprint density at radius 3 is 2.41 bits per heavy atom. The number of piperazine rings is 1. The number of fused-ring (bicyclic) bond motifs is 1. The van der Waals surface area contributed by atoms with Gasteiger partial charge in [-0.05, 0) is 99.1 Å². The maximum absolute atomic E-state index is 12.7. The number of pyridine rings is 1. The number of H-pyrrole nitrogens is 1. The van der Waals surface area contributed by atoms with Crippen LogP contribution in [0.2, 0.25) is 5.02 Å². The number of likely N-dealkylation sites (tertiary alicyclic amines) is 1. The number of aromatic amines is 1. The largest absolute Gasteiger partial charge is 0.465 e. The third-order valence-electron chi connectivity index (χ3n) is 10.6. The minimum absolute atomic E-state index is 0.202. The van der Waals surface area contributed by atoms with Crippen LogP contribution in [0.3, 0.4) is 0 Å². The molecular weight excluding hydrogens is 704 g/mol. The molecule has 2 aromatic carbocycles. The fourth-order valence-electron chi connectivity index (χ4n) is 7.73. The van der Waals surface area contributed by atoms with Gasteiger partial charge in [0.15, 0.2) is 0 Å². The maximum Gasteiger partial charge on any atom is 0.410 e. The molecule has 0 saturated carbocycles. The molecule has 4 aromatic rings. The zero-order valence-corrected chi connectivity index (χ0v) is 32.5. The lowest BCUT2D eigenvalue weighted by Gasteiger charge is -2.40. The van der Waals surface area contributed by atoms with E-state index in [1.165, 1.54) is 23.8 Å². The van der Waals surface area contributed by atoms with Gasteiger partial charge in [-0.15, -0.1) is 0 Å². The van der Waals surface area contributed by atoms with Crippen molar-refractivity contribution >= 4 is 46.0 Å². The number of ether oxygens (including phenoxy) is 3. The summed E-state index contributed by atoms with van der Waals surface area (Å²) >= 11 is 6.32. The number of anilines is 1. The van der Waals surface area contributed by atoms with Crippen molar-refractivity contribution in [1.82, 2.24) is 24.7 Å². The summed E-state index contributed by atoms with van der Waals surface area (Å²) in [7, 11) is 1.38. The summed E-state index contributed by atoms with van der Waals surface area (Å²) in [5, 5.41) is 1.67. The predicted octanol–water partition coefficient (Wildman–Crippen LogP) is 7.72. The average Bonchev–Trinajstić information content (AvgIpc) is 3.64. The molecule has 54 heavy (non-hydrogen) atoms. The number of aromatic nitrogens is 2. The van der Waals surface area contributed by atoms with Crippen LogP contribution in [0.5, 0.6) is 11.5 Å². The molecule has 3 aliphatic rings. The molecule has 0 radical (unpaired) electrons. The Hall–Kier alpha value is -4.58. The van der Waals surface area contributed by atoms with Crippen molar-refractivity contribution in [2.75, 3.05) is 77.5 Å². The van der Waals surface area contributed by atoms with Gasteiger partial charge in [0.05, 0.1) is 13.3 Å². The third-order valence-corrected chi connectivity index (χ3v) is 10.9. The Morgan fingerprint density at radius 2 is 1.69 bits per heavy atom. The number of halogens is 1. The van der Waals surface area contributed by atoms with Crippen molar-refractivity contribution in [3.63, 3.8) is 0 Å². The molecule has 12 heteroatoms. The summed E-state index contributed by atoms with van der Waals surface area (Å²) in [5.74, 6) is 1.10. The summed E-state index contributed by atoms with van der Waals surface area (Å²) in [6, 6.07) is 17.8. The Labute approximate surface area is 322 Å². The fraction of sp³-hybridized carbons (Fsp3) is 0.452. The number of methoxy groups -OCH3 is 1. The molecule has 1 N–H and O–H groups in total. The molecule has 7 rings (SSSR count). The Morgan fingerprint density at radius 1 is 0.926 bits per heavy atom. The number of benzene rings is 2. The van der Waals surface area contributed by atoms with Gasteiger partial charge >= 0.3 is 12.1 Å². The van der Waals surface area contributed by atoms with Crippen molar-refractivity contribution in [2.45, 2.75) is 45.6 Å². The zero-order chi connectivity index (χ0) is 37.8. The van der Waals surface area contributed by atoms with Crippen molar-refractivity contribution in [3.8, 4) is 11.5 Å². The number of nitrogens with zero attached hydrogens (tertiary/aromatic N) is 5. The molecule has 2 saturated heterocycles. The Balaban J connectivity index is 0.994. The van der Waals surface area contributed by atoms with Gasteiger partial charge in [-0.3, -0.25) is 9.80 Å². The number of hydrogen-bond acceptors (Lipinski definition) is 9. The predicted molar refractivity (Wildman–Crippen MR) is 213 cm³/mol. The van der Waals surface area contributed by atoms with E-state index in [9.17, 15) is 9.59 Å². The van der Waals surface area contributed by atoms with Crippen molar-refractivity contribution in [3.05, 3.63) is 88.7 Å². The lowest BCUT2D eigenvalue weighted by Crippen LogP contribution is -2.48. The second-order valence-corrected chi connectivity index (χ2v) is 16.0. The first-order valence-corrected chi connectivity index (χ1v) is 19.4. The van der Waals surface area contributed by atoms with Crippen LogP contribution in [0.15, 0.2) is 72.6 Å². The van der Waals surface area contributed by atoms with Gasteiger partial charge in [0.2, 0.25) is 0 Å². The van der Waals surface area contributed by atoms with Gasteiger partial charge in [-0.2, -0.15) is 0 Å². The van der Waals surface area contributed by atoms with Crippen molar-refractivity contribution in [1.29, 1.82) is 0 Å². The van der Waals surface area contributed by atoms with Crippen LogP contribution in [0.4, 0.5) is 10.5 Å². The van der Waals surface area contributed by atoms with Gasteiger partial charge in [0, 0.05) is 93.8 Å². The molecule has 286 valence electrons. The quantitative estimate of drug-likeness (QED) is 0.172. The number of rotatable bonds is 9. The monoisotopic (exact) mass is 754 g/mol. The fourth-order valence-corrected chi connectivity index (χ4v) is 7.86. The highest BCUT2D eigenvalue weighted by atomic mass is 35.5. The molecule has 5 heterocycles. The Kier molecular flexibility index (Phi) is 11.5. The first-order valence-electron chi connectivity index (χ1n) is 19.0. The molecule has 0 atom stereocenters. The molecule has 0 spiro atoms. The smallest absolute Gasteiger partial charge is 0.410 e. The SMILES string of the molecule is COC(=O)c1ccc(N2CCN(CC3=C(c4ccc(Cl)cc4)CN(CC4CCN(C(=O)OC(C)(C)C)CC4)CC3)CC2)cc1Oc1cnc2[nH]ccc2c1. The highest BCUT2D eigenvalue weighted by molar-refractivity contribution is 6.30. The lowest BCUT2D eigenvalue weighted by atomic mass is 9.91. The number of piperidine rings is 1. The summed E-state index contributed by atoms with van der Waals surface area (Å²) < 4.78 is 16.9. The van der Waals surface area contributed by atoms with Crippen molar-refractivity contribution < 1.29 is 23.8 Å². The summed E-state index contributed by atoms with van der Waals surface area (Å²) in [4.78, 5) is 42.2. The minimum Gasteiger partial charge on any atom is -0.465 e. The van der Waals surface area contributed by atoms with E-state index in [1.54, 1.807) is 12.3 Å². The van der Waals surface area contributed by atoms with E-state index in [0.717, 1.165) is 106 Å². The van der Waals surface area contributed by atoms with E-state index in [4.69, 9.17) is 25.8 Å². The lowest BCUT2D eigenvalue weighted by molar-refractivity contribution is 0.0171. The van der Waals surface area contributed by atoms with Crippen LogP contribution < -0.4 is 9.64 Å². The minimum atomic E-state index is -0.478. The van der Waals surface area contributed by atoms with E-state index < -0.39 is 11.6 Å². The van der Waals surface area contributed by atoms with Gasteiger partial charge in [0.1, 0.15) is 28.3 Å². The first kappa shape index (κ1) is 37.7. The summed E-state index contributed by atoms with van der Waals surface area (Å²) in [5.41, 5.74) is 5.80. The summed E-state index contributed by atoms with van der Waals surface area (Å²) in [6.45, 7) is 14.7. The molecule has 2 fully saturated rings. The first-order chi connectivity index (χ1) is 26.0. The van der Waals surface area contributed by atoms with E-state index in [0.29, 0.717) is 23.0 Å². The molecule has 3 aliphatic heterocycles. The van der Waals surface area contributed by atoms with Gasteiger partial charge < -0.3 is 29.0 Å². The standard InChI is InChI=1S/C42H51ClN6O5/c1-42(2,3)54-41(51)49-17-12-29(13-18-49)26-47-16-14-32(37(28-47)30-5-7-33(43)8-6-30)27-46-19-21-48(22-20-46)34-9-10-36(40(50)52-4)38(24-34)53-35-23-31-11-15-44-39(31)45-25-35/h5-11,15,23-25,29H,12-14,16-22,26-28H2,1-4H3,(H,44,45). The van der Waals surface area contributed by atoms with Crippen LogP contribution in [-0.4, -0.2) is 115 Å². The third kappa shape index (κ3) is 9.19. The summed E-state index contributed by atoms with van der Waals surface area (Å²) in [6.07, 6.45) is 6.29. The number of hydrogen-bond donors (Lipinski definition) is 1. The number of esters is 1. The number of carbonyl (C=O) groups is 2. The van der Waals surface area contributed by atoms with Crippen molar-refractivity contribution in [2.24, 2.45) is 5.92 Å². The molecule has 11 nitrogen and oxygen atoms in total. The van der Waals surface area contributed by atoms with E-state index in [-0.39, 0.29) is 6.09 Å². The zero-order valence-electron chi connectivity index (χ0n) is 31.8. The number of carbonyl (C=O) groups excluding carboxylic acids is 2. The second kappa shape index (κ2) is 16.4. The second-order valence-electron chi connectivity index (χ2n) is 15.6. The number of amides is 1. The molecule has 0 aliphatic carbocycles.